The van der Waals surface area contributed by atoms with E-state index in [1.54, 1.807) is 12.1 Å². The monoisotopic (exact) mass is 488 g/mol. The first-order chi connectivity index (χ1) is 17.3. The lowest BCUT2D eigenvalue weighted by Crippen LogP contribution is -2.21. The minimum Gasteiger partial charge on any atom is -0.478 e. The van der Waals surface area contributed by atoms with E-state index >= 15 is 0 Å². The zero-order chi connectivity index (χ0) is 26.9. The minimum atomic E-state index is -0.879. The van der Waals surface area contributed by atoms with Gasteiger partial charge in [0.1, 0.15) is 5.82 Å². The number of hydrogen-bond acceptors (Lipinski definition) is 5. The highest BCUT2D eigenvalue weighted by atomic mass is 19.1. The molecule has 3 aromatic rings. The number of rotatable bonds is 7. The Hall–Kier alpha value is -4.36. The van der Waals surface area contributed by atoms with Crippen LogP contribution in [0, 0.1) is 28.5 Å². The van der Waals surface area contributed by atoms with Crippen LogP contribution >= 0.6 is 0 Å². The summed E-state index contributed by atoms with van der Waals surface area (Å²) in [6.07, 6.45) is 0. The molecule has 0 amide bonds. The fourth-order valence-corrected chi connectivity index (χ4v) is 3.26. The van der Waals surface area contributed by atoms with Gasteiger partial charge in [-0.2, -0.15) is 10.5 Å². The van der Waals surface area contributed by atoms with Gasteiger partial charge in [0.2, 0.25) is 0 Å². The van der Waals surface area contributed by atoms with Gasteiger partial charge in [-0.1, -0.05) is 0 Å². The maximum absolute atomic E-state index is 12.1. The van der Waals surface area contributed by atoms with Crippen molar-refractivity contribution in [2.75, 3.05) is 36.0 Å². The molecule has 0 heterocycles. The van der Waals surface area contributed by atoms with Crippen molar-refractivity contribution in [3.8, 4) is 12.1 Å². The lowest BCUT2D eigenvalue weighted by Gasteiger charge is -2.20. The lowest BCUT2D eigenvalue weighted by atomic mass is 10.2. The molecule has 0 spiro atoms. The third-order valence-corrected chi connectivity index (χ3v) is 5.34. The predicted octanol–water partition coefficient (Wildman–Crippen LogP) is 6.33. The van der Waals surface area contributed by atoms with E-state index in [1.165, 1.54) is 30.0 Å². The van der Waals surface area contributed by atoms with E-state index in [1.807, 2.05) is 42.5 Å². The normalized spacial score (nSPS) is 9.31. The molecule has 0 aliphatic carbocycles. The average Bonchev–Trinajstić information content (AvgIpc) is 2.92. The van der Waals surface area contributed by atoms with Gasteiger partial charge in [-0.25, -0.2) is 9.18 Å². The first-order valence-corrected chi connectivity index (χ1v) is 11.8. The van der Waals surface area contributed by atoms with E-state index in [0.29, 0.717) is 11.1 Å². The second-order valence-corrected chi connectivity index (χ2v) is 7.47. The topological polar surface area (TPSA) is 91.4 Å². The number of carboxylic acid groups (broad SMARTS) is 1. The Labute approximate surface area is 213 Å². The standard InChI is InChI=1S/C11H14N2.C11H15NO2.C7H4FN/c1-3-13(4-2)11-7-5-10(9-12)6-8-11;1-3-12(4-2)10-7-5-9(6-8-10)11(13)14;8-7-3-1-6(5-9)2-4-7/h5-8H,3-4H2,1-2H3;5-8H,3-4H2,1-2H3,(H,13,14);1-4H. The van der Waals surface area contributed by atoms with Gasteiger partial charge in [0.05, 0.1) is 28.8 Å². The zero-order valence-corrected chi connectivity index (χ0v) is 21.3. The van der Waals surface area contributed by atoms with Gasteiger partial charge in [-0.3, -0.25) is 0 Å². The minimum absolute atomic E-state index is 0.311. The number of hydrogen-bond donors (Lipinski definition) is 1. The summed E-state index contributed by atoms with van der Waals surface area (Å²) in [6, 6.07) is 24.1. The van der Waals surface area contributed by atoms with E-state index in [0.717, 1.165) is 37.4 Å². The van der Waals surface area contributed by atoms with Crippen molar-refractivity contribution >= 4 is 17.3 Å². The van der Waals surface area contributed by atoms with Crippen LogP contribution in [0.4, 0.5) is 15.8 Å². The number of benzene rings is 3. The van der Waals surface area contributed by atoms with Crippen LogP contribution in [-0.4, -0.2) is 37.3 Å². The Morgan fingerprint density at radius 2 is 1.03 bits per heavy atom. The summed E-state index contributed by atoms with van der Waals surface area (Å²) in [5.74, 6) is -1.19. The molecular formula is C29H33FN4O2. The number of nitriles is 2. The highest BCUT2D eigenvalue weighted by Crippen LogP contribution is 2.15. The van der Waals surface area contributed by atoms with Gasteiger partial charge >= 0.3 is 5.97 Å². The summed E-state index contributed by atoms with van der Waals surface area (Å²) in [7, 11) is 0. The Morgan fingerprint density at radius 1 is 0.694 bits per heavy atom. The molecular weight excluding hydrogens is 455 g/mol. The molecule has 0 saturated carbocycles. The fraction of sp³-hybridized carbons (Fsp3) is 0.276. The van der Waals surface area contributed by atoms with Crippen molar-refractivity contribution in [2.45, 2.75) is 27.7 Å². The molecule has 0 bridgehead atoms. The van der Waals surface area contributed by atoms with Crippen molar-refractivity contribution in [1.29, 1.82) is 10.5 Å². The molecule has 0 aromatic heterocycles. The van der Waals surface area contributed by atoms with Crippen LogP contribution in [0.25, 0.3) is 0 Å². The first-order valence-electron chi connectivity index (χ1n) is 11.8. The molecule has 0 atom stereocenters. The third-order valence-electron chi connectivity index (χ3n) is 5.34. The number of carboxylic acids is 1. The van der Waals surface area contributed by atoms with Gasteiger partial charge in [-0.15, -0.1) is 0 Å². The van der Waals surface area contributed by atoms with Crippen molar-refractivity contribution in [3.63, 3.8) is 0 Å². The van der Waals surface area contributed by atoms with Gasteiger partial charge in [0, 0.05) is 37.6 Å². The average molecular weight is 489 g/mol. The Balaban J connectivity index is 0.000000276. The molecule has 36 heavy (non-hydrogen) atoms. The number of nitrogens with zero attached hydrogens (tertiary/aromatic N) is 4. The molecule has 6 nitrogen and oxygen atoms in total. The highest BCUT2D eigenvalue weighted by Gasteiger charge is 2.04. The zero-order valence-electron chi connectivity index (χ0n) is 21.3. The molecule has 0 unspecified atom stereocenters. The summed E-state index contributed by atoms with van der Waals surface area (Å²) >= 11 is 0. The Kier molecular flexibility index (Phi) is 13.4. The van der Waals surface area contributed by atoms with Crippen LogP contribution in [0.15, 0.2) is 72.8 Å². The molecule has 0 aliphatic rings. The van der Waals surface area contributed by atoms with Gasteiger partial charge in [0.25, 0.3) is 0 Å². The maximum Gasteiger partial charge on any atom is 0.335 e. The fourth-order valence-electron chi connectivity index (χ4n) is 3.26. The molecule has 188 valence electrons. The summed E-state index contributed by atoms with van der Waals surface area (Å²) in [4.78, 5) is 15.0. The van der Waals surface area contributed by atoms with Crippen molar-refractivity contribution < 1.29 is 14.3 Å². The quantitative estimate of drug-likeness (QED) is 0.418. The van der Waals surface area contributed by atoms with Gasteiger partial charge in [-0.05, 0) is 100 Å². The Bertz CT molecular complexity index is 1120. The van der Waals surface area contributed by atoms with Crippen LogP contribution < -0.4 is 9.80 Å². The molecule has 0 radical (unpaired) electrons. The second-order valence-electron chi connectivity index (χ2n) is 7.47. The van der Waals surface area contributed by atoms with Crippen LogP contribution in [0.2, 0.25) is 0 Å². The van der Waals surface area contributed by atoms with Crippen LogP contribution in [-0.2, 0) is 0 Å². The second kappa shape index (κ2) is 16.3. The van der Waals surface area contributed by atoms with E-state index in [4.69, 9.17) is 15.6 Å². The third kappa shape index (κ3) is 9.87. The molecule has 0 fully saturated rings. The molecule has 3 aromatic carbocycles. The van der Waals surface area contributed by atoms with E-state index in [9.17, 15) is 9.18 Å². The first kappa shape index (κ1) is 29.7. The molecule has 0 saturated heterocycles. The van der Waals surface area contributed by atoms with Crippen LogP contribution in [0.5, 0.6) is 0 Å². The number of carbonyl (C=O) groups is 1. The number of halogens is 1. The van der Waals surface area contributed by atoms with E-state index < -0.39 is 5.97 Å². The highest BCUT2D eigenvalue weighted by molar-refractivity contribution is 5.88. The van der Waals surface area contributed by atoms with Crippen molar-refractivity contribution in [1.82, 2.24) is 0 Å². The molecule has 7 heteroatoms. The molecule has 1 N–H and O–H groups in total. The van der Waals surface area contributed by atoms with E-state index in [-0.39, 0.29) is 5.82 Å². The predicted molar refractivity (Wildman–Crippen MR) is 143 cm³/mol. The molecule has 0 aliphatic heterocycles. The summed E-state index contributed by atoms with van der Waals surface area (Å²) in [5.41, 5.74) is 3.79. The van der Waals surface area contributed by atoms with Crippen molar-refractivity contribution in [3.05, 3.63) is 95.3 Å². The smallest absolute Gasteiger partial charge is 0.335 e. The number of anilines is 2. The largest absolute Gasteiger partial charge is 0.478 e. The lowest BCUT2D eigenvalue weighted by molar-refractivity contribution is 0.0697. The Morgan fingerprint density at radius 3 is 1.33 bits per heavy atom. The van der Waals surface area contributed by atoms with Crippen LogP contribution in [0.1, 0.15) is 49.2 Å². The van der Waals surface area contributed by atoms with Crippen molar-refractivity contribution in [2.24, 2.45) is 0 Å². The molecule has 3 rings (SSSR count). The number of aromatic carboxylic acids is 1. The van der Waals surface area contributed by atoms with Crippen LogP contribution in [0.3, 0.4) is 0 Å². The van der Waals surface area contributed by atoms with E-state index in [2.05, 4.69) is 43.6 Å². The summed E-state index contributed by atoms with van der Waals surface area (Å²) in [6.45, 7) is 12.3. The summed E-state index contributed by atoms with van der Waals surface area (Å²) in [5, 5.41) is 25.6. The summed E-state index contributed by atoms with van der Waals surface area (Å²) < 4.78 is 12.1. The van der Waals surface area contributed by atoms with Gasteiger partial charge < -0.3 is 14.9 Å². The van der Waals surface area contributed by atoms with Gasteiger partial charge in [0.15, 0.2) is 0 Å². The SMILES string of the molecule is CCN(CC)c1ccc(C#N)cc1.CCN(CC)c1ccc(C(=O)O)cc1.N#Cc1ccc(F)cc1. The maximum atomic E-state index is 12.1.